The summed E-state index contributed by atoms with van der Waals surface area (Å²) < 4.78 is 13.5. The smallest absolute Gasteiger partial charge is 0.126 e. The summed E-state index contributed by atoms with van der Waals surface area (Å²) in [5.41, 5.74) is 1.39. The molecule has 3 aliphatic carbocycles. The molecule has 0 heterocycles. The number of halogens is 1. The Hall–Kier alpha value is -0.930. The Morgan fingerprint density at radius 2 is 1.87 bits per heavy atom. The van der Waals surface area contributed by atoms with Crippen molar-refractivity contribution in [2.75, 3.05) is 26.2 Å². The van der Waals surface area contributed by atoms with Gasteiger partial charge in [-0.3, -0.25) is 0 Å². The van der Waals surface area contributed by atoms with Gasteiger partial charge in [0, 0.05) is 13.1 Å². The molecule has 0 saturated heterocycles. The zero-order chi connectivity index (χ0) is 16.3. The molecule has 2 N–H and O–H groups in total. The third-order valence-corrected chi connectivity index (χ3v) is 6.42. The molecular weight excluding hydrogens is 287 g/mol. The van der Waals surface area contributed by atoms with Crippen LogP contribution in [-0.4, -0.2) is 26.2 Å². The van der Waals surface area contributed by atoms with Gasteiger partial charge in [0.1, 0.15) is 5.82 Å². The van der Waals surface area contributed by atoms with Crippen LogP contribution in [0.4, 0.5) is 4.39 Å². The summed E-state index contributed by atoms with van der Waals surface area (Å²) in [6.07, 6.45) is 5.05. The maximum absolute atomic E-state index is 13.5. The molecule has 23 heavy (non-hydrogen) atoms. The number of fused-ring (bicyclic) bond motifs is 2. The van der Waals surface area contributed by atoms with Gasteiger partial charge in [-0.05, 0) is 73.6 Å². The van der Waals surface area contributed by atoms with E-state index >= 15 is 0 Å². The van der Waals surface area contributed by atoms with Gasteiger partial charge in [-0.2, -0.15) is 0 Å². The molecule has 3 heteroatoms. The molecule has 3 atom stereocenters. The topological polar surface area (TPSA) is 24.1 Å². The van der Waals surface area contributed by atoms with Crippen LogP contribution in [0.15, 0.2) is 24.3 Å². The predicted octanol–water partition coefficient (Wildman–Crippen LogP) is 3.62. The summed E-state index contributed by atoms with van der Waals surface area (Å²) in [6, 6.07) is 7.04. The maximum Gasteiger partial charge on any atom is 0.126 e. The predicted molar refractivity (Wildman–Crippen MR) is 93.9 cm³/mol. The Labute approximate surface area is 140 Å². The van der Waals surface area contributed by atoms with E-state index in [2.05, 4.69) is 24.5 Å². The van der Waals surface area contributed by atoms with Crippen LogP contribution in [0, 0.1) is 29.0 Å². The summed E-state index contributed by atoms with van der Waals surface area (Å²) >= 11 is 0. The Balaban J connectivity index is 1.26. The van der Waals surface area contributed by atoms with Crippen molar-refractivity contribution < 1.29 is 4.39 Å². The van der Waals surface area contributed by atoms with E-state index in [-0.39, 0.29) is 5.82 Å². The van der Waals surface area contributed by atoms with Gasteiger partial charge in [0.05, 0.1) is 0 Å². The van der Waals surface area contributed by atoms with E-state index in [1.807, 2.05) is 12.1 Å². The van der Waals surface area contributed by atoms with E-state index < -0.39 is 0 Å². The van der Waals surface area contributed by atoms with E-state index in [4.69, 9.17) is 0 Å². The fraction of sp³-hybridized carbons (Fsp3) is 0.700. The largest absolute Gasteiger partial charge is 0.315 e. The first-order valence-corrected chi connectivity index (χ1v) is 9.24. The van der Waals surface area contributed by atoms with Crippen molar-refractivity contribution in [3.8, 4) is 0 Å². The van der Waals surface area contributed by atoms with Crippen molar-refractivity contribution in [1.82, 2.24) is 10.6 Å². The maximum atomic E-state index is 13.5. The van der Waals surface area contributed by atoms with Crippen molar-refractivity contribution in [3.63, 3.8) is 0 Å². The number of nitrogens with one attached hydrogen (secondary N) is 2. The lowest BCUT2D eigenvalue weighted by atomic mass is 9.45. The summed E-state index contributed by atoms with van der Waals surface area (Å²) in [7, 11) is 0. The molecule has 0 amide bonds. The van der Waals surface area contributed by atoms with E-state index in [0.29, 0.717) is 5.41 Å². The van der Waals surface area contributed by atoms with Gasteiger partial charge in [-0.15, -0.1) is 0 Å². The van der Waals surface area contributed by atoms with Crippen LogP contribution in [-0.2, 0) is 6.42 Å². The van der Waals surface area contributed by atoms with Crippen LogP contribution in [0.1, 0.15) is 38.7 Å². The second kappa shape index (κ2) is 7.31. The lowest BCUT2D eigenvalue weighted by Gasteiger charge is -2.60. The number of hydrogen-bond acceptors (Lipinski definition) is 2. The minimum Gasteiger partial charge on any atom is -0.315 e. The Kier molecular flexibility index (Phi) is 5.38. The Bertz CT molecular complexity index is 512. The first-order chi connectivity index (χ1) is 11.1. The van der Waals surface area contributed by atoms with Gasteiger partial charge in [0.2, 0.25) is 0 Å². The second-order valence-electron chi connectivity index (χ2n) is 7.99. The zero-order valence-corrected chi connectivity index (χ0v) is 14.6. The highest BCUT2D eigenvalue weighted by molar-refractivity contribution is 5.17. The first kappa shape index (κ1) is 16.9. The van der Waals surface area contributed by atoms with Gasteiger partial charge >= 0.3 is 0 Å². The summed E-state index contributed by atoms with van der Waals surface area (Å²) in [5, 5.41) is 7.03. The molecule has 1 aromatic rings. The van der Waals surface area contributed by atoms with Crippen LogP contribution in [0.2, 0.25) is 0 Å². The molecule has 128 valence electrons. The number of rotatable bonds is 8. The highest BCUT2D eigenvalue weighted by Gasteiger charge is 2.53. The molecule has 2 bridgehead atoms. The quantitative estimate of drug-likeness (QED) is 0.715. The van der Waals surface area contributed by atoms with Crippen molar-refractivity contribution in [2.24, 2.45) is 23.2 Å². The van der Waals surface area contributed by atoms with Crippen LogP contribution >= 0.6 is 0 Å². The SMILES string of the molecule is CC1(C)[C@H]2CC[C@@H](CNCCNCCc3ccccc3F)[C@@H]1C2. The van der Waals surface area contributed by atoms with Crippen molar-refractivity contribution in [2.45, 2.75) is 39.5 Å². The third-order valence-electron chi connectivity index (χ3n) is 6.42. The van der Waals surface area contributed by atoms with Gasteiger partial charge in [0.15, 0.2) is 0 Å². The normalized spacial score (nSPS) is 28.4. The molecule has 3 aliphatic rings. The molecule has 3 fully saturated rings. The van der Waals surface area contributed by atoms with Crippen molar-refractivity contribution in [1.29, 1.82) is 0 Å². The number of benzene rings is 1. The molecule has 2 nitrogen and oxygen atoms in total. The van der Waals surface area contributed by atoms with Crippen molar-refractivity contribution in [3.05, 3.63) is 35.6 Å². The van der Waals surface area contributed by atoms with E-state index in [1.165, 1.54) is 25.3 Å². The highest BCUT2D eigenvalue weighted by Crippen LogP contribution is 2.61. The second-order valence-corrected chi connectivity index (χ2v) is 7.99. The average molecular weight is 318 g/mol. The van der Waals surface area contributed by atoms with Crippen LogP contribution in [0.25, 0.3) is 0 Å². The van der Waals surface area contributed by atoms with E-state index in [1.54, 1.807) is 6.07 Å². The molecule has 0 spiro atoms. The lowest BCUT2D eigenvalue weighted by molar-refractivity contribution is -0.103. The molecular formula is C20H31FN2. The molecule has 0 radical (unpaired) electrons. The molecule has 0 unspecified atom stereocenters. The van der Waals surface area contributed by atoms with Gasteiger partial charge in [0.25, 0.3) is 0 Å². The van der Waals surface area contributed by atoms with Crippen LogP contribution < -0.4 is 10.6 Å². The summed E-state index contributed by atoms with van der Waals surface area (Å²) in [6.45, 7) is 8.88. The third kappa shape index (κ3) is 3.77. The van der Waals surface area contributed by atoms with Gasteiger partial charge in [-0.1, -0.05) is 32.0 Å². The van der Waals surface area contributed by atoms with Gasteiger partial charge < -0.3 is 10.6 Å². The van der Waals surface area contributed by atoms with E-state index in [9.17, 15) is 4.39 Å². The molecule has 1 aromatic carbocycles. The van der Waals surface area contributed by atoms with Crippen LogP contribution in [0.3, 0.4) is 0 Å². The molecule has 4 rings (SSSR count). The Morgan fingerprint density at radius 1 is 1.09 bits per heavy atom. The molecule has 3 saturated carbocycles. The van der Waals surface area contributed by atoms with Crippen molar-refractivity contribution >= 4 is 0 Å². The molecule has 0 aliphatic heterocycles. The van der Waals surface area contributed by atoms with Crippen LogP contribution in [0.5, 0.6) is 0 Å². The minimum atomic E-state index is -0.0915. The number of hydrogen-bond donors (Lipinski definition) is 2. The summed E-state index contributed by atoms with van der Waals surface area (Å²) in [4.78, 5) is 0. The Morgan fingerprint density at radius 3 is 2.61 bits per heavy atom. The fourth-order valence-electron chi connectivity index (χ4n) is 4.72. The average Bonchev–Trinajstić information content (AvgIpc) is 2.55. The highest BCUT2D eigenvalue weighted by atomic mass is 19.1. The standard InChI is InChI=1S/C20H31FN2/c1-20(2)17-8-7-16(18(20)13-17)14-23-12-11-22-10-9-15-5-3-4-6-19(15)21/h3-6,16-18,22-23H,7-14H2,1-2H3/t16-,17-,18-/m0/s1. The van der Waals surface area contributed by atoms with Gasteiger partial charge in [-0.25, -0.2) is 4.39 Å². The fourth-order valence-corrected chi connectivity index (χ4v) is 4.72. The molecule has 0 aromatic heterocycles. The summed E-state index contributed by atoms with van der Waals surface area (Å²) in [5.74, 6) is 2.70. The van der Waals surface area contributed by atoms with E-state index in [0.717, 1.165) is 55.9 Å². The minimum absolute atomic E-state index is 0.0915. The lowest BCUT2D eigenvalue weighted by Crippen LogP contribution is -2.54. The zero-order valence-electron chi connectivity index (χ0n) is 14.6. The monoisotopic (exact) mass is 318 g/mol. The first-order valence-electron chi connectivity index (χ1n) is 9.24.